The van der Waals surface area contributed by atoms with Crippen LogP contribution in [0.5, 0.6) is 5.75 Å². The minimum Gasteiger partial charge on any atom is -0.497 e. The van der Waals surface area contributed by atoms with Gasteiger partial charge < -0.3 is 19.7 Å². The van der Waals surface area contributed by atoms with Crippen LogP contribution in [0.4, 0.5) is 4.79 Å². The van der Waals surface area contributed by atoms with E-state index in [1.54, 1.807) is 14.2 Å². The van der Waals surface area contributed by atoms with Gasteiger partial charge >= 0.3 is 6.03 Å². The Morgan fingerprint density at radius 3 is 2.63 bits per heavy atom. The number of methoxy groups -OCH3 is 2. The van der Waals surface area contributed by atoms with Crippen LogP contribution < -0.4 is 10.1 Å². The molecule has 1 aromatic rings. The number of carbonyl (C=O) groups excluding carboxylic acids is 2. The zero-order valence-electron chi connectivity index (χ0n) is 22.1. The second kappa shape index (κ2) is 12.5. The van der Waals surface area contributed by atoms with Crippen molar-refractivity contribution in [3.8, 4) is 5.75 Å². The van der Waals surface area contributed by atoms with Crippen LogP contribution in [0.1, 0.15) is 52.0 Å². The minimum absolute atomic E-state index is 0.0786. The Morgan fingerprint density at radius 1 is 1.23 bits per heavy atom. The summed E-state index contributed by atoms with van der Waals surface area (Å²) in [7, 11) is 3.22. The number of likely N-dealkylation sites (tertiary alicyclic amines) is 1. The van der Waals surface area contributed by atoms with Crippen molar-refractivity contribution in [2.45, 2.75) is 58.4 Å². The molecular formula is C28H43N3O4. The van der Waals surface area contributed by atoms with Gasteiger partial charge in [0.2, 0.25) is 0 Å². The fourth-order valence-corrected chi connectivity index (χ4v) is 5.47. The summed E-state index contributed by atoms with van der Waals surface area (Å²) < 4.78 is 10.6. The van der Waals surface area contributed by atoms with Crippen molar-refractivity contribution in [2.24, 2.45) is 11.8 Å². The molecule has 2 aliphatic rings. The van der Waals surface area contributed by atoms with Gasteiger partial charge in [-0.25, -0.2) is 4.79 Å². The quantitative estimate of drug-likeness (QED) is 0.354. The molecule has 0 radical (unpaired) electrons. The Balaban J connectivity index is 1.72. The van der Waals surface area contributed by atoms with Crippen molar-refractivity contribution >= 4 is 11.9 Å². The normalized spacial score (nSPS) is 22.3. The van der Waals surface area contributed by atoms with Crippen LogP contribution >= 0.6 is 0 Å². The number of imide groups is 1. The van der Waals surface area contributed by atoms with Crippen molar-refractivity contribution in [2.75, 3.05) is 47.0 Å². The molecule has 0 aromatic heterocycles. The average Bonchev–Trinajstić information content (AvgIpc) is 3.07. The zero-order chi connectivity index (χ0) is 25.4. The van der Waals surface area contributed by atoms with E-state index < -0.39 is 5.54 Å². The molecule has 2 heterocycles. The van der Waals surface area contributed by atoms with E-state index in [-0.39, 0.29) is 24.4 Å². The number of nitrogens with zero attached hydrogens (tertiary/aromatic N) is 2. The van der Waals surface area contributed by atoms with E-state index in [1.165, 1.54) is 16.9 Å². The lowest BCUT2D eigenvalue weighted by Gasteiger charge is -2.41. The summed E-state index contributed by atoms with van der Waals surface area (Å²) in [5.41, 5.74) is 1.43. The molecule has 2 saturated heterocycles. The maximum atomic E-state index is 13.8. The van der Waals surface area contributed by atoms with E-state index in [2.05, 4.69) is 37.1 Å². The highest BCUT2D eigenvalue weighted by molar-refractivity contribution is 6.07. The number of benzene rings is 1. The third-order valence-electron chi connectivity index (χ3n) is 7.40. The summed E-state index contributed by atoms with van der Waals surface area (Å²) in [6.45, 7) is 10.2. The van der Waals surface area contributed by atoms with Crippen LogP contribution in [0, 0.1) is 11.8 Å². The highest BCUT2D eigenvalue weighted by Gasteiger charge is 2.55. The van der Waals surface area contributed by atoms with Crippen LogP contribution in [0.3, 0.4) is 0 Å². The summed E-state index contributed by atoms with van der Waals surface area (Å²) >= 11 is 0. The first kappa shape index (κ1) is 27.2. The Morgan fingerprint density at radius 2 is 1.97 bits per heavy atom. The van der Waals surface area contributed by atoms with Gasteiger partial charge in [0.25, 0.3) is 5.91 Å². The van der Waals surface area contributed by atoms with E-state index in [0.29, 0.717) is 18.9 Å². The van der Waals surface area contributed by atoms with Gasteiger partial charge in [0, 0.05) is 20.1 Å². The van der Waals surface area contributed by atoms with Crippen molar-refractivity contribution in [1.29, 1.82) is 0 Å². The Labute approximate surface area is 210 Å². The molecule has 2 aliphatic heterocycles. The van der Waals surface area contributed by atoms with Crippen LogP contribution in [-0.2, 0) is 16.0 Å². The van der Waals surface area contributed by atoms with Crippen molar-refractivity contribution in [3.05, 3.63) is 41.5 Å². The number of ether oxygens (including phenoxy) is 2. The van der Waals surface area contributed by atoms with Crippen molar-refractivity contribution in [1.82, 2.24) is 15.1 Å². The summed E-state index contributed by atoms with van der Waals surface area (Å²) in [4.78, 5) is 30.5. The standard InChI is InChI=1S/C28H43N3O4/c1-21(2)8-6-9-22(3)20-30-14-12-24(13-15-30)28(19-23-10-7-11-25(18-23)35-5)26(32)31(16-17-34-4)27(33)29-28/h7-8,10-11,18,22,24H,6,9,12-17,19-20H2,1-5H3,(H,29,33)/t22-,28-/m0/s1. The number of hydrogen-bond donors (Lipinski definition) is 1. The minimum atomic E-state index is -0.932. The lowest BCUT2D eigenvalue weighted by molar-refractivity contribution is -0.134. The molecule has 2 fully saturated rings. The second-order valence-corrected chi connectivity index (χ2v) is 10.4. The summed E-state index contributed by atoms with van der Waals surface area (Å²) in [6, 6.07) is 7.48. The van der Waals surface area contributed by atoms with Gasteiger partial charge in [0.05, 0.1) is 20.3 Å². The number of allylic oxidation sites excluding steroid dienone is 2. The highest BCUT2D eigenvalue weighted by atomic mass is 16.5. The van der Waals surface area contributed by atoms with E-state index >= 15 is 0 Å². The van der Waals surface area contributed by atoms with Crippen molar-refractivity contribution in [3.63, 3.8) is 0 Å². The van der Waals surface area contributed by atoms with Crippen LogP contribution in [0.2, 0.25) is 0 Å². The smallest absolute Gasteiger partial charge is 0.325 e. The van der Waals surface area contributed by atoms with Gasteiger partial charge in [-0.05, 0) is 82.2 Å². The van der Waals surface area contributed by atoms with E-state index in [4.69, 9.17) is 9.47 Å². The Hall–Kier alpha value is -2.38. The molecule has 3 rings (SSSR count). The summed E-state index contributed by atoms with van der Waals surface area (Å²) in [5.74, 6) is 1.33. The average molecular weight is 486 g/mol. The number of urea groups is 1. The number of piperidine rings is 1. The first-order valence-corrected chi connectivity index (χ1v) is 12.9. The first-order valence-electron chi connectivity index (χ1n) is 12.9. The lowest BCUT2D eigenvalue weighted by atomic mass is 9.73. The maximum Gasteiger partial charge on any atom is 0.325 e. The fourth-order valence-electron chi connectivity index (χ4n) is 5.47. The fraction of sp³-hybridized carbons (Fsp3) is 0.643. The molecule has 1 N–H and O–H groups in total. The number of hydrogen-bond acceptors (Lipinski definition) is 5. The van der Waals surface area contributed by atoms with Gasteiger partial charge in [-0.15, -0.1) is 0 Å². The van der Waals surface area contributed by atoms with Gasteiger partial charge in [0.15, 0.2) is 0 Å². The predicted molar refractivity (Wildman–Crippen MR) is 139 cm³/mol. The first-order chi connectivity index (χ1) is 16.8. The predicted octanol–water partition coefficient (Wildman–Crippen LogP) is 4.27. The highest BCUT2D eigenvalue weighted by Crippen LogP contribution is 2.37. The molecule has 0 unspecified atom stereocenters. The molecule has 194 valence electrons. The molecule has 7 heteroatoms. The monoisotopic (exact) mass is 485 g/mol. The molecule has 0 spiro atoms. The molecule has 0 bridgehead atoms. The zero-order valence-corrected chi connectivity index (χ0v) is 22.1. The number of carbonyl (C=O) groups is 2. The Kier molecular flexibility index (Phi) is 9.75. The summed E-state index contributed by atoms with van der Waals surface area (Å²) in [6.07, 6.45) is 6.86. The van der Waals surface area contributed by atoms with Gasteiger partial charge in [-0.3, -0.25) is 9.69 Å². The molecule has 35 heavy (non-hydrogen) atoms. The van der Waals surface area contributed by atoms with E-state index in [9.17, 15) is 9.59 Å². The summed E-state index contributed by atoms with van der Waals surface area (Å²) in [5, 5.41) is 3.14. The molecule has 1 aromatic carbocycles. The molecule has 0 saturated carbocycles. The number of nitrogens with one attached hydrogen (secondary N) is 1. The SMILES string of the molecule is COCCN1C(=O)N[C@@](Cc2cccc(OC)c2)(C2CCN(C[C@@H](C)CCC=C(C)C)CC2)C1=O. The van der Waals surface area contributed by atoms with Gasteiger partial charge in [-0.2, -0.15) is 0 Å². The third-order valence-corrected chi connectivity index (χ3v) is 7.40. The largest absolute Gasteiger partial charge is 0.497 e. The molecule has 3 amide bonds. The molecule has 0 aliphatic carbocycles. The topological polar surface area (TPSA) is 71.1 Å². The van der Waals surface area contributed by atoms with Crippen LogP contribution in [-0.4, -0.2) is 74.3 Å². The second-order valence-electron chi connectivity index (χ2n) is 10.4. The third kappa shape index (κ3) is 6.85. The van der Waals surface area contributed by atoms with E-state index in [0.717, 1.165) is 50.2 Å². The number of rotatable bonds is 12. The van der Waals surface area contributed by atoms with Crippen molar-refractivity contribution < 1.29 is 19.1 Å². The molecule has 7 nitrogen and oxygen atoms in total. The lowest BCUT2D eigenvalue weighted by Crippen LogP contribution is -2.57. The van der Waals surface area contributed by atoms with Gasteiger partial charge in [0.1, 0.15) is 11.3 Å². The Bertz CT molecular complexity index is 890. The van der Waals surface area contributed by atoms with Crippen LogP contribution in [0.25, 0.3) is 0 Å². The van der Waals surface area contributed by atoms with Crippen LogP contribution in [0.15, 0.2) is 35.9 Å². The number of amides is 3. The molecular weight excluding hydrogens is 442 g/mol. The van der Waals surface area contributed by atoms with E-state index in [1.807, 2.05) is 24.3 Å². The molecule has 2 atom stereocenters. The maximum absolute atomic E-state index is 13.8. The van der Waals surface area contributed by atoms with Gasteiger partial charge in [-0.1, -0.05) is 30.7 Å².